The summed E-state index contributed by atoms with van der Waals surface area (Å²) in [6.07, 6.45) is 4.21. The molecule has 2 rings (SSSR count). The Morgan fingerprint density at radius 3 is 2.55 bits per heavy atom. The van der Waals surface area contributed by atoms with Crippen LogP contribution in [-0.2, 0) is 11.8 Å². The molecule has 0 unspecified atom stereocenters. The Bertz CT molecular complexity index is 558. The van der Waals surface area contributed by atoms with Crippen LogP contribution in [0.5, 0.6) is 0 Å². The van der Waals surface area contributed by atoms with Gasteiger partial charge in [0.15, 0.2) is 5.96 Å². The molecule has 0 radical (unpaired) electrons. The van der Waals surface area contributed by atoms with Crippen molar-refractivity contribution in [3.8, 4) is 0 Å². The van der Waals surface area contributed by atoms with Crippen LogP contribution in [0, 0.1) is 5.92 Å². The lowest BCUT2D eigenvalue weighted by atomic mass is 9.93. The summed E-state index contributed by atoms with van der Waals surface area (Å²) in [5.41, 5.74) is 11.6. The number of nitrogens with zero attached hydrogens (tertiary/aromatic N) is 4. The lowest BCUT2D eigenvalue weighted by molar-refractivity contribution is -0.133. The van der Waals surface area contributed by atoms with Crippen LogP contribution in [0.25, 0.3) is 0 Å². The minimum absolute atomic E-state index is 0. The van der Waals surface area contributed by atoms with E-state index in [4.69, 9.17) is 11.5 Å². The molecule has 1 amide bonds. The van der Waals surface area contributed by atoms with Gasteiger partial charge in [-0.3, -0.25) is 14.5 Å². The van der Waals surface area contributed by atoms with Gasteiger partial charge in [0, 0.05) is 43.2 Å². The molecule has 0 saturated carbocycles. The summed E-state index contributed by atoms with van der Waals surface area (Å²) < 4.78 is 1.75. The number of rotatable bonds is 3. The zero-order valence-electron chi connectivity index (χ0n) is 13.5. The van der Waals surface area contributed by atoms with Crippen LogP contribution in [-0.4, -0.2) is 38.6 Å². The van der Waals surface area contributed by atoms with E-state index in [0.717, 1.165) is 5.56 Å². The second kappa shape index (κ2) is 6.84. The minimum atomic E-state index is -0.260. The fourth-order valence-electron chi connectivity index (χ4n) is 2.99. The summed E-state index contributed by atoms with van der Waals surface area (Å²) in [6, 6.07) is -0.0469. The van der Waals surface area contributed by atoms with Gasteiger partial charge in [0.1, 0.15) is 0 Å². The number of nitrogens with two attached hydrogens (primary N) is 2. The average molecular weight is 420 g/mol. The largest absolute Gasteiger partial charge is 0.370 e. The number of carbonyl (C=O) groups excluding carboxylic acids is 1. The SMILES string of the molecule is Cn1cc([C@H]2[C@H](CN=C(N)N)CC(=O)N2C(C)(C)C)cn1.I. The van der Waals surface area contributed by atoms with E-state index in [1.54, 1.807) is 4.68 Å². The van der Waals surface area contributed by atoms with Crippen molar-refractivity contribution < 1.29 is 4.79 Å². The molecule has 1 aromatic rings. The van der Waals surface area contributed by atoms with Gasteiger partial charge in [0.05, 0.1) is 12.2 Å². The van der Waals surface area contributed by atoms with E-state index < -0.39 is 0 Å². The third kappa shape index (κ3) is 3.90. The fraction of sp³-hybridized carbons (Fsp3) is 0.643. The van der Waals surface area contributed by atoms with E-state index in [-0.39, 0.29) is 53.3 Å². The van der Waals surface area contributed by atoms with E-state index in [2.05, 4.69) is 10.1 Å². The molecule has 124 valence electrons. The molecule has 7 nitrogen and oxygen atoms in total. The zero-order chi connectivity index (χ0) is 15.8. The number of aliphatic imine (C=N–C) groups is 1. The normalized spacial score (nSPS) is 21.6. The van der Waals surface area contributed by atoms with Crippen LogP contribution < -0.4 is 11.5 Å². The van der Waals surface area contributed by atoms with Gasteiger partial charge in [-0.2, -0.15) is 5.10 Å². The summed E-state index contributed by atoms with van der Waals surface area (Å²) in [5, 5.41) is 4.23. The minimum Gasteiger partial charge on any atom is -0.370 e. The second-order valence-electron chi connectivity index (χ2n) is 6.56. The molecule has 0 aromatic carbocycles. The maximum Gasteiger partial charge on any atom is 0.223 e. The van der Waals surface area contributed by atoms with E-state index in [1.807, 2.05) is 45.1 Å². The fourth-order valence-corrected chi connectivity index (χ4v) is 2.99. The molecule has 4 N–H and O–H groups in total. The molecule has 2 atom stereocenters. The summed E-state index contributed by atoms with van der Waals surface area (Å²) in [4.78, 5) is 18.5. The predicted octanol–water partition coefficient (Wildman–Crippen LogP) is 1.000. The highest BCUT2D eigenvalue weighted by Gasteiger charge is 2.45. The standard InChI is InChI=1S/C14H24N6O.HI/c1-14(2,3)20-11(21)5-9(6-17-13(15)16)12(20)10-7-18-19(4)8-10;/h7-9,12H,5-6H2,1-4H3,(H4,15,16,17);1H/t9-,12+;/m0./s1. The summed E-state index contributed by atoms with van der Waals surface area (Å²) in [7, 11) is 1.87. The summed E-state index contributed by atoms with van der Waals surface area (Å²) in [5.74, 6) is 0.247. The highest BCUT2D eigenvalue weighted by Crippen LogP contribution is 2.42. The van der Waals surface area contributed by atoms with Crippen LogP contribution in [0.4, 0.5) is 0 Å². The number of aromatic nitrogens is 2. The van der Waals surface area contributed by atoms with Crippen LogP contribution in [0.1, 0.15) is 38.8 Å². The molecular weight excluding hydrogens is 395 g/mol. The molecule has 1 aromatic heterocycles. The Morgan fingerprint density at radius 2 is 2.09 bits per heavy atom. The summed E-state index contributed by atoms with van der Waals surface area (Å²) in [6.45, 7) is 6.56. The van der Waals surface area contributed by atoms with Crippen molar-refractivity contribution >= 4 is 35.8 Å². The van der Waals surface area contributed by atoms with Crippen LogP contribution in [0.2, 0.25) is 0 Å². The number of hydrogen-bond donors (Lipinski definition) is 2. The van der Waals surface area contributed by atoms with Crippen LogP contribution in [0.15, 0.2) is 17.4 Å². The quantitative estimate of drug-likeness (QED) is 0.433. The number of carbonyl (C=O) groups is 1. The number of hydrogen-bond acceptors (Lipinski definition) is 3. The molecule has 1 saturated heterocycles. The maximum absolute atomic E-state index is 12.5. The molecular formula is C14H25IN6O. The lowest BCUT2D eigenvalue weighted by Gasteiger charge is -2.38. The monoisotopic (exact) mass is 420 g/mol. The highest BCUT2D eigenvalue weighted by molar-refractivity contribution is 14.0. The number of halogens is 1. The van der Waals surface area contributed by atoms with Crippen molar-refractivity contribution in [2.24, 2.45) is 29.4 Å². The van der Waals surface area contributed by atoms with Gasteiger partial charge < -0.3 is 16.4 Å². The van der Waals surface area contributed by atoms with Crippen LogP contribution in [0.3, 0.4) is 0 Å². The van der Waals surface area contributed by atoms with Gasteiger partial charge in [-0.1, -0.05) is 0 Å². The maximum atomic E-state index is 12.5. The van der Waals surface area contributed by atoms with Crippen molar-refractivity contribution in [1.82, 2.24) is 14.7 Å². The van der Waals surface area contributed by atoms with Crippen molar-refractivity contribution in [2.45, 2.75) is 38.8 Å². The van der Waals surface area contributed by atoms with Crippen molar-refractivity contribution in [2.75, 3.05) is 6.54 Å². The lowest BCUT2D eigenvalue weighted by Crippen LogP contribution is -2.44. The molecule has 0 aliphatic carbocycles. The van der Waals surface area contributed by atoms with Gasteiger partial charge >= 0.3 is 0 Å². The number of likely N-dealkylation sites (tertiary alicyclic amines) is 1. The molecule has 0 bridgehead atoms. The molecule has 1 aliphatic heterocycles. The molecule has 1 aliphatic rings. The third-order valence-corrected chi connectivity index (χ3v) is 3.73. The average Bonchev–Trinajstić information content (AvgIpc) is 2.89. The van der Waals surface area contributed by atoms with E-state index >= 15 is 0 Å². The molecule has 22 heavy (non-hydrogen) atoms. The Hall–Kier alpha value is -1.32. The van der Waals surface area contributed by atoms with E-state index in [1.165, 1.54) is 0 Å². The number of aryl methyl sites for hydroxylation is 1. The van der Waals surface area contributed by atoms with Crippen molar-refractivity contribution in [3.05, 3.63) is 18.0 Å². The Balaban J connectivity index is 0.00000242. The van der Waals surface area contributed by atoms with Gasteiger partial charge in [-0.15, -0.1) is 24.0 Å². The Morgan fingerprint density at radius 1 is 1.45 bits per heavy atom. The number of guanidine groups is 1. The first-order valence-corrected chi connectivity index (χ1v) is 7.06. The van der Waals surface area contributed by atoms with Crippen molar-refractivity contribution in [1.29, 1.82) is 0 Å². The Labute approximate surface area is 148 Å². The predicted molar refractivity (Wildman–Crippen MR) is 96.7 cm³/mol. The number of amides is 1. The molecule has 0 spiro atoms. The van der Waals surface area contributed by atoms with Crippen molar-refractivity contribution in [3.63, 3.8) is 0 Å². The smallest absolute Gasteiger partial charge is 0.223 e. The zero-order valence-corrected chi connectivity index (χ0v) is 15.8. The first kappa shape index (κ1) is 18.7. The topological polar surface area (TPSA) is 103 Å². The first-order chi connectivity index (χ1) is 9.70. The molecule has 1 fully saturated rings. The third-order valence-electron chi connectivity index (χ3n) is 3.73. The second-order valence-corrected chi connectivity index (χ2v) is 6.56. The van der Waals surface area contributed by atoms with Crippen LogP contribution >= 0.6 is 24.0 Å². The highest BCUT2D eigenvalue weighted by atomic mass is 127. The molecule has 2 heterocycles. The van der Waals surface area contributed by atoms with Gasteiger partial charge in [0.2, 0.25) is 5.91 Å². The van der Waals surface area contributed by atoms with E-state index in [0.29, 0.717) is 13.0 Å². The van der Waals surface area contributed by atoms with E-state index in [9.17, 15) is 4.79 Å². The van der Waals surface area contributed by atoms with Gasteiger partial charge in [0.25, 0.3) is 0 Å². The molecule has 8 heteroatoms. The Kier molecular flexibility index (Phi) is 5.82. The first-order valence-electron chi connectivity index (χ1n) is 7.06. The van der Waals surface area contributed by atoms with Gasteiger partial charge in [-0.25, -0.2) is 0 Å². The summed E-state index contributed by atoms with van der Waals surface area (Å²) >= 11 is 0. The van der Waals surface area contributed by atoms with Gasteiger partial charge in [-0.05, 0) is 20.8 Å².